The molecule has 0 saturated carbocycles. The lowest BCUT2D eigenvalue weighted by Gasteiger charge is -2.24. The average Bonchev–Trinajstić information content (AvgIpc) is 2.81. The Balaban J connectivity index is 0.000000269. The third kappa shape index (κ3) is 5.27. The van der Waals surface area contributed by atoms with Crippen molar-refractivity contribution in [2.75, 3.05) is 0 Å². The highest BCUT2D eigenvalue weighted by molar-refractivity contribution is 8.02. The second kappa shape index (κ2) is 8.96. The van der Waals surface area contributed by atoms with E-state index in [0.717, 1.165) is 4.31 Å². The standard InChI is InChI=1S/C10H9Cl4NO2S.C6H5F/c11-9(12)10(13,14)18-15-7(16)5-3-1-2-4-6(5)8(15)17;7-6-4-2-1-3-5-6/h1-2,5-6,9H,3-4H2;1-5H. The van der Waals surface area contributed by atoms with E-state index in [-0.39, 0.29) is 29.5 Å². The summed E-state index contributed by atoms with van der Waals surface area (Å²) in [5.41, 5.74) is 0. The highest BCUT2D eigenvalue weighted by atomic mass is 35.5. The molecule has 1 saturated heterocycles. The van der Waals surface area contributed by atoms with Gasteiger partial charge in [-0.05, 0) is 25.0 Å². The van der Waals surface area contributed by atoms with Crippen LogP contribution in [-0.4, -0.2) is 24.6 Å². The monoisotopic (exact) mass is 443 g/mol. The number of nitrogens with zero attached hydrogens (tertiary/aromatic N) is 1. The Morgan fingerprint density at radius 1 is 1.04 bits per heavy atom. The Bertz CT molecular complexity index is 631. The van der Waals surface area contributed by atoms with Crippen LogP contribution in [0.1, 0.15) is 12.8 Å². The molecule has 0 radical (unpaired) electrons. The summed E-state index contributed by atoms with van der Waals surface area (Å²) in [6, 6.07) is 7.94. The van der Waals surface area contributed by atoms with E-state index in [1.165, 1.54) is 12.1 Å². The first-order valence-corrected chi connectivity index (χ1v) is 9.72. The van der Waals surface area contributed by atoms with Gasteiger partial charge in [0.25, 0.3) is 0 Å². The lowest BCUT2D eigenvalue weighted by atomic mass is 9.85. The molecule has 25 heavy (non-hydrogen) atoms. The zero-order valence-corrected chi connectivity index (χ0v) is 16.6. The van der Waals surface area contributed by atoms with Crippen molar-refractivity contribution < 1.29 is 14.0 Å². The van der Waals surface area contributed by atoms with E-state index in [4.69, 9.17) is 46.4 Å². The van der Waals surface area contributed by atoms with Gasteiger partial charge in [0, 0.05) is 11.9 Å². The summed E-state index contributed by atoms with van der Waals surface area (Å²) in [6.07, 6.45) is 4.94. The molecule has 1 aromatic rings. The fraction of sp³-hybridized carbons (Fsp3) is 0.375. The predicted molar refractivity (Wildman–Crippen MR) is 101 cm³/mol. The van der Waals surface area contributed by atoms with E-state index < -0.39 is 8.50 Å². The van der Waals surface area contributed by atoms with Crippen LogP contribution in [0.3, 0.4) is 0 Å². The number of hydrogen-bond acceptors (Lipinski definition) is 3. The third-order valence-corrected chi connectivity index (χ3v) is 6.90. The molecule has 0 bridgehead atoms. The van der Waals surface area contributed by atoms with Crippen LogP contribution >= 0.6 is 58.4 Å². The summed E-state index contributed by atoms with van der Waals surface area (Å²) in [5, 5.41) is 0. The molecule has 9 heteroatoms. The number of carbonyl (C=O) groups is 2. The van der Waals surface area contributed by atoms with Crippen LogP contribution in [0, 0.1) is 17.7 Å². The Labute approximate surface area is 169 Å². The van der Waals surface area contributed by atoms with Crippen LogP contribution in [0.25, 0.3) is 0 Å². The highest BCUT2D eigenvalue weighted by Gasteiger charge is 2.51. The minimum atomic E-state index is -1.63. The van der Waals surface area contributed by atoms with Crippen LogP contribution in [-0.2, 0) is 9.59 Å². The molecule has 1 aliphatic heterocycles. The van der Waals surface area contributed by atoms with Crippen molar-refractivity contribution in [2.45, 2.75) is 21.3 Å². The van der Waals surface area contributed by atoms with E-state index in [0.29, 0.717) is 24.8 Å². The minimum Gasteiger partial charge on any atom is -0.273 e. The van der Waals surface area contributed by atoms with Crippen LogP contribution in [0.2, 0.25) is 0 Å². The molecule has 3 nitrogen and oxygen atoms in total. The largest absolute Gasteiger partial charge is 0.273 e. The van der Waals surface area contributed by atoms with Gasteiger partial charge in [-0.1, -0.05) is 53.6 Å². The molecule has 1 fully saturated rings. The van der Waals surface area contributed by atoms with Gasteiger partial charge in [0.2, 0.25) is 15.5 Å². The number of amides is 2. The van der Waals surface area contributed by atoms with Gasteiger partial charge in [-0.2, -0.15) is 0 Å². The number of allylic oxidation sites excluding steroid dienone is 2. The zero-order chi connectivity index (χ0) is 18.6. The maximum Gasteiger partial charge on any atom is 0.243 e. The third-order valence-electron chi connectivity index (χ3n) is 3.67. The summed E-state index contributed by atoms with van der Waals surface area (Å²) in [6.45, 7) is 0. The van der Waals surface area contributed by atoms with Gasteiger partial charge in [0.15, 0.2) is 4.84 Å². The maximum absolute atomic E-state index is 12.1. The van der Waals surface area contributed by atoms with E-state index in [1.807, 2.05) is 12.2 Å². The number of carbonyl (C=O) groups excluding carboxylic acids is 2. The van der Waals surface area contributed by atoms with Crippen LogP contribution in [0.4, 0.5) is 4.39 Å². The summed E-state index contributed by atoms with van der Waals surface area (Å²) >= 11 is 23.7. The average molecular weight is 445 g/mol. The first kappa shape index (κ1) is 20.8. The smallest absolute Gasteiger partial charge is 0.243 e. The van der Waals surface area contributed by atoms with Crippen molar-refractivity contribution in [1.29, 1.82) is 0 Å². The number of imide groups is 1. The van der Waals surface area contributed by atoms with E-state index in [2.05, 4.69) is 0 Å². The predicted octanol–water partition coefficient (Wildman–Crippen LogP) is 5.35. The summed E-state index contributed by atoms with van der Waals surface area (Å²) < 4.78 is 11.3. The van der Waals surface area contributed by atoms with Crippen LogP contribution < -0.4 is 0 Å². The number of hydrogen-bond donors (Lipinski definition) is 0. The molecule has 0 aromatic heterocycles. The first-order valence-electron chi connectivity index (χ1n) is 7.32. The second-order valence-electron chi connectivity index (χ2n) is 5.38. The number of alkyl halides is 4. The normalized spacial score (nSPS) is 22.7. The van der Waals surface area contributed by atoms with Gasteiger partial charge in [-0.15, -0.1) is 23.2 Å². The molecule has 2 amide bonds. The molecular formula is C16H14Cl4FNO2S. The summed E-state index contributed by atoms with van der Waals surface area (Å²) in [7, 11) is 0. The zero-order valence-electron chi connectivity index (χ0n) is 12.7. The molecule has 0 N–H and O–H groups in total. The second-order valence-corrected chi connectivity index (χ2v) is 9.50. The Hall–Kier alpha value is -0.460. The fourth-order valence-electron chi connectivity index (χ4n) is 2.44. The van der Waals surface area contributed by atoms with Gasteiger partial charge in [0.1, 0.15) is 5.82 Å². The molecule has 1 heterocycles. The number of fused-ring (bicyclic) bond motifs is 1. The van der Waals surface area contributed by atoms with Gasteiger partial charge < -0.3 is 0 Å². The van der Waals surface area contributed by atoms with E-state index in [1.54, 1.807) is 18.2 Å². The van der Waals surface area contributed by atoms with Crippen molar-refractivity contribution in [1.82, 2.24) is 4.31 Å². The SMILES string of the molecule is Fc1ccccc1.O=C1C2CC=CCC2C(=O)N1SC(Cl)(Cl)C(Cl)Cl. The van der Waals surface area contributed by atoms with Gasteiger partial charge in [0.05, 0.1) is 11.8 Å². The van der Waals surface area contributed by atoms with Gasteiger partial charge in [-0.25, -0.2) is 8.70 Å². The Morgan fingerprint density at radius 2 is 1.52 bits per heavy atom. The molecular weight excluding hydrogens is 431 g/mol. The molecule has 1 aromatic carbocycles. The van der Waals surface area contributed by atoms with Gasteiger partial charge >= 0.3 is 0 Å². The van der Waals surface area contributed by atoms with Crippen molar-refractivity contribution in [3.63, 3.8) is 0 Å². The Kier molecular flexibility index (Phi) is 7.47. The summed E-state index contributed by atoms with van der Waals surface area (Å²) in [4.78, 5) is 23.1. The minimum absolute atomic E-state index is 0.178. The molecule has 136 valence electrons. The summed E-state index contributed by atoms with van der Waals surface area (Å²) in [5.74, 6) is -1.37. The lowest BCUT2D eigenvalue weighted by Crippen LogP contribution is -2.31. The number of rotatable bonds is 3. The molecule has 1 aliphatic carbocycles. The van der Waals surface area contributed by atoms with E-state index in [9.17, 15) is 14.0 Å². The molecule has 2 unspecified atom stereocenters. The first-order chi connectivity index (χ1) is 11.7. The quantitative estimate of drug-likeness (QED) is 0.273. The topological polar surface area (TPSA) is 37.4 Å². The van der Waals surface area contributed by atoms with Crippen molar-refractivity contribution in [3.05, 3.63) is 48.3 Å². The number of halogens is 5. The number of benzene rings is 1. The molecule has 2 atom stereocenters. The van der Waals surface area contributed by atoms with Gasteiger partial charge in [-0.3, -0.25) is 9.59 Å². The fourth-order valence-corrected chi connectivity index (χ4v) is 3.86. The maximum atomic E-state index is 12.1. The van der Waals surface area contributed by atoms with Crippen LogP contribution in [0.15, 0.2) is 42.5 Å². The Morgan fingerprint density at radius 3 is 1.88 bits per heavy atom. The molecule has 3 rings (SSSR count). The van der Waals surface area contributed by atoms with E-state index >= 15 is 0 Å². The van der Waals surface area contributed by atoms with Crippen molar-refractivity contribution in [3.8, 4) is 0 Å². The van der Waals surface area contributed by atoms with Crippen LogP contribution in [0.5, 0.6) is 0 Å². The van der Waals surface area contributed by atoms with Crippen molar-refractivity contribution >= 4 is 70.2 Å². The van der Waals surface area contributed by atoms with Crippen molar-refractivity contribution in [2.24, 2.45) is 11.8 Å². The molecule has 2 aliphatic rings. The highest BCUT2D eigenvalue weighted by Crippen LogP contribution is 2.48. The molecule has 0 spiro atoms. The lowest BCUT2D eigenvalue weighted by molar-refractivity contribution is -0.133.